The summed E-state index contributed by atoms with van der Waals surface area (Å²) in [6, 6.07) is 14.7. The number of benzene rings is 1. The number of hydrogen-bond donors (Lipinski definition) is 0. The van der Waals surface area contributed by atoms with Crippen LogP contribution in [0.1, 0.15) is 17.5 Å². The number of rotatable bonds is 4. The summed E-state index contributed by atoms with van der Waals surface area (Å²) in [6.07, 6.45) is 2.56. The Morgan fingerprint density at radius 1 is 1.04 bits per heavy atom. The maximum Gasteiger partial charge on any atom is 0.250 e. The van der Waals surface area contributed by atoms with Crippen molar-refractivity contribution in [2.75, 3.05) is 26.2 Å². The van der Waals surface area contributed by atoms with Crippen LogP contribution in [0.3, 0.4) is 0 Å². The number of carbonyl (C=O) groups excluding carboxylic acids is 1. The second-order valence-corrected chi connectivity index (χ2v) is 6.49. The zero-order valence-corrected chi connectivity index (χ0v) is 14.7. The first-order valence-electron chi connectivity index (χ1n) is 8.80. The molecule has 0 aliphatic carbocycles. The molecule has 134 valence electrons. The Kier molecular flexibility index (Phi) is 5.82. The molecule has 0 spiro atoms. The van der Waals surface area contributed by atoms with E-state index in [1.165, 1.54) is 16.2 Å². The van der Waals surface area contributed by atoms with Gasteiger partial charge in [-0.05, 0) is 30.2 Å². The SMILES string of the molecule is N#Cc1ccc(CN2CCCN(C(=O)Cn3ccccc3=O)CC2)cc1. The lowest BCUT2D eigenvalue weighted by Crippen LogP contribution is -2.38. The fraction of sp³-hybridized carbons (Fsp3) is 0.350. The topological polar surface area (TPSA) is 69.3 Å². The molecule has 26 heavy (non-hydrogen) atoms. The summed E-state index contributed by atoms with van der Waals surface area (Å²) in [7, 11) is 0. The van der Waals surface area contributed by atoms with Crippen LogP contribution in [-0.4, -0.2) is 46.5 Å². The van der Waals surface area contributed by atoms with Gasteiger partial charge in [0, 0.05) is 45.0 Å². The number of carbonyl (C=O) groups is 1. The second kappa shape index (κ2) is 8.45. The minimum absolute atomic E-state index is 0.0153. The Morgan fingerprint density at radius 3 is 2.58 bits per heavy atom. The Morgan fingerprint density at radius 2 is 1.85 bits per heavy atom. The fourth-order valence-corrected chi connectivity index (χ4v) is 3.16. The van der Waals surface area contributed by atoms with E-state index in [9.17, 15) is 9.59 Å². The molecule has 1 amide bonds. The Labute approximate surface area is 152 Å². The van der Waals surface area contributed by atoms with Gasteiger partial charge in [-0.2, -0.15) is 5.26 Å². The lowest BCUT2D eigenvalue weighted by Gasteiger charge is -2.22. The zero-order valence-electron chi connectivity index (χ0n) is 14.7. The average molecular weight is 350 g/mol. The predicted molar refractivity (Wildman–Crippen MR) is 98.3 cm³/mol. The van der Waals surface area contributed by atoms with Crippen LogP contribution in [0.15, 0.2) is 53.5 Å². The van der Waals surface area contributed by atoms with Crippen molar-refractivity contribution in [3.8, 4) is 6.07 Å². The van der Waals surface area contributed by atoms with Crippen molar-refractivity contribution in [1.29, 1.82) is 5.26 Å². The molecule has 3 rings (SSSR count). The largest absolute Gasteiger partial charge is 0.340 e. The molecule has 1 aromatic heterocycles. The van der Waals surface area contributed by atoms with E-state index in [1.807, 2.05) is 29.2 Å². The van der Waals surface area contributed by atoms with Crippen LogP contribution >= 0.6 is 0 Å². The second-order valence-electron chi connectivity index (χ2n) is 6.49. The van der Waals surface area contributed by atoms with E-state index in [1.54, 1.807) is 18.3 Å². The number of nitrogens with zero attached hydrogens (tertiary/aromatic N) is 4. The van der Waals surface area contributed by atoms with Gasteiger partial charge in [0.15, 0.2) is 0 Å². The monoisotopic (exact) mass is 350 g/mol. The van der Waals surface area contributed by atoms with Crippen molar-refractivity contribution >= 4 is 5.91 Å². The lowest BCUT2D eigenvalue weighted by atomic mass is 10.1. The summed E-state index contributed by atoms with van der Waals surface area (Å²) < 4.78 is 1.45. The van der Waals surface area contributed by atoms with Gasteiger partial charge >= 0.3 is 0 Å². The van der Waals surface area contributed by atoms with Crippen LogP contribution in [0.25, 0.3) is 0 Å². The molecule has 2 aromatic rings. The molecule has 0 radical (unpaired) electrons. The van der Waals surface area contributed by atoms with Gasteiger partial charge in [-0.25, -0.2) is 0 Å². The third kappa shape index (κ3) is 4.58. The number of pyridine rings is 1. The highest BCUT2D eigenvalue weighted by Crippen LogP contribution is 2.10. The van der Waals surface area contributed by atoms with E-state index in [4.69, 9.17) is 5.26 Å². The first-order chi connectivity index (χ1) is 12.7. The van der Waals surface area contributed by atoms with Crippen LogP contribution in [0.4, 0.5) is 0 Å². The Hall–Kier alpha value is -2.91. The average Bonchev–Trinajstić information content (AvgIpc) is 2.90. The Bertz CT molecular complexity index is 851. The molecule has 2 heterocycles. The van der Waals surface area contributed by atoms with E-state index < -0.39 is 0 Å². The molecule has 0 bridgehead atoms. The quantitative estimate of drug-likeness (QED) is 0.837. The molecule has 1 saturated heterocycles. The summed E-state index contributed by atoms with van der Waals surface area (Å²) >= 11 is 0. The predicted octanol–water partition coefficient (Wildman–Crippen LogP) is 1.45. The molecule has 1 fully saturated rings. The molecule has 0 N–H and O–H groups in total. The Balaban J connectivity index is 1.55. The summed E-state index contributed by atoms with van der Waals surface area (Å²) in [5, 5.41) is 8.87. The summed E-state index contributed by atoms with van der Waals surface area (Å²) in [4.78, 5) is 28.5. The van der Waals surface area contributed by atoms with Gasteiger partial charge in [0.05, 0.1) is 11.6 Å². The van der Waals surface area contributed by atoms with Crippen LogP contribution in [-0.2, 0) is 17.9 Å². The minimum Gasteiger partial charge on any atom is -0.340 e. The summed E-state index contributed by atoms with van der Waals surface area (Å²) in [5.41, 5.74) is 1.68. The number of aromatic nitrogens is 1. The molecule has 1 aromatic carbocycles. The van der Waals surface area contributed by atoms with E-state index in [-0.39, 0.29) is 18.0 Å². The van der Waals surface area contributed by atoms with E-state index in [2.05, 4.69) is 11.0 Å². The maximum atomic E-state index is 12.5. The van der Waals surface area contributed by atoms with Gasteiger partial charge in [-0.1, -0.05) is 18.2 Å². The number of amides is 1. The van der Waals surface area contributed by atoms with Gasteiger partial charge in [-0.15, -0.1) is 0 Å². The molecule has 0 saturated carbocycles. The molecule has 1 aliphatic heterocycles. The van der Waals surface area contributed by atoms with Crippen molar-refractivity contribution < 1.29 is 4.79 Å². The highest BCUT2D eigenvalue weighted by Gasteiger charge is 2.19. The van der Waals surface area contributed by atoms with Gasteiger partial charge in [0.1, 0.15) is 6.54 Å². The maximum absolute atomic E-state index is 12.5. The zero-order chi connectivity index (χ0) is 18.4. The highest BCUT2D eigenvalue weighted by molar-refractivity contribution is 5.76. The highest BCUT2D eigenvalue weighted by atomic mass is 16.2. The number of hydrogen-bond acceptors (Lipinski definition) is 4. The van der Waals surface area contributed by atoms with Crippen LogP contribution in [0.2, 0.25) is 0 Å². The van der Waals surface area contributed by atoms with Crippen molar-refractivity contribution in [2.45, 2.75) is 19.5 Å². The summed E-state index contributed by atoms with van der Waals surface area (Å²) in [5.74, 6) is -0.0153. The standard InChI is InChI=1S/C20H22N4O2/c21-14-17-5-7-18(8-6-17)15-22-9-3-11-23(13-12-22)20(26)16-24-10-2-1-4-19(24)25/h1-2,4-8,10H,3,9,11-13,15-16H2. The summed E-state index contributed by atoms with van der Waals surface area (Å²) in [6.45, 7) is 4.01. The van der Waals surface area contributed by atoms with Gasteiger partial charge in [0.25, 0.3) is 5.56 Å². The van der Waals surface area contributed by atoms with Crippen molar-refractivity contribution in [2.24, 2.45) is 0 Å². The molecule has 1 aliphatic rings. The van der Waals surface area contributed by atoms with Gasteiger partial charge < -0.3 is 9.47 Å². The lowest BCUT2D eigenvalue weighted by molar-refractivity contribution is -0.131. The molecular weight excluding hydrogens is 328 g/mol. The third-order valence-electron chi connectivity index (χ3n) is 4.64. The molecule has 0 unspecified atom stereocenters. The minimum atomic E-state index is -0.155. The van der Waals surface area contributed by atoms with Gasteiger partial charge in [-0.3, -0.25) is 14.5 Å². The van der Waals surface area contributed by atoms with Crippen molar-refractivity contribution in [3.63, 3.8) is 0 Å². The molecule has 0 atom stereocenters. The van der Waals surface area contributed by atoms with Gasteiger partial charge in [0.2, 0.25) is 5.91 Å². The van der Waals surface area contributed by atoms with Crippen molar-refractivity contribution in [3.05, 3.63) is 70.1 Å². The van der Waals surface area contributed by atoms with Crippen LogP contribution < -0.4 is 5.56 Å². The first kappa shape index (κ1) is 17.9. The van der Waals surface area contributed by atoms with Crippen LogP contribution in [0.5, 0.6) is 0 Å². The molecule has 6 heteroatoms. The molecular formula is C20H22N4O2. The van der Waals surface area contributed by atoms with E-state index in [0.29, 0.717) is 18.7 Å². The first-order valence-corrected chi connectivity index (χ1v) is 8.80. The smallest absolute Gasteiger partial charge is 0.250 e. The van der Waals surface area contributed by atoms with Crippen molar-refractivity contribution in [1.82, 2.24) is 14.4 Å². The fourth-order valence-electron chi connectivity index (χ4n) is 3.16. The number of nitriles is 1. The van der Waals surface area contributed by atoms with Crippen LogP contribution in [0, 0.1) is 11.3 Å². The molecule has 6 nitrogen and oxygen atoms in total. The third-order valence-corrected chi connectivity index (χ3v) is 4.64. The van der Waals surface area contributed by atoms with E-state index in [0.717, 1.165) is 26.1 Å². The normalized spacial score (nSPS) is 15.3. The van der Waals surface area contributed by atoms with E-state index >= 15 is 0 Å².